The van der Waals surface area contributed by atoms with Crippen LogP contribution in [0.1, 0.15) is 33.6 Å². The molecule has 1 atom stereocenters. The zero-order valence-corrected chi connectivity index (χ0v) is 15.8. The van der Waals surface area contributed by atoms with Crippen LogP contribution in [0.15, 0.2) is 54.6 Å². The van der Waals surface area contributed by atoms with Gasteiger partial charge in [0, 0.05) is 11.4 Å². The van der Waals surface area contributed by atoms with Crippen LogP contribution in [0.3, 0.4) is 0 Å². The van der Waals surface area contributed by atoms with Gasteiger partial charge in [0.05, 0.1) is 17.2 Å². The number of nitrogens with zero attached hydrogens (tertiary/aromatic N) is 1. The Balaban J connectivity index is 1.89. The molecule has 1 unspecified atom stereocenters. The zero-order valence-electron chi connectivity index (χ0n) is 15.8. The number of benzene rings is 2. The fourth-order valence-electron chi connectivity index (χ4n) is 4.02. The van der Waals surface area contributed by atoms with Gasteiger partial charge in [-0.15, -0.1) is 0 Å². The second-order valence-electron chi connectivity index (χ2n) is 7.54. The third-order valence-electron chi connectivity index (χ3n) is 5.55. The Morgan fingerprint density at radius 3 is 2.48 bits per heavy atom. The van der Waals surface area contributed by atoms with Crippen LogP contribution >= 0.6 is 0 Å². The molecule has 0 amide bonds. The zero-order chi connectivity index (χ0) is 20.8. The van der Waals surface area contributed by atoms with Gasteiger partial charge in [0.15, 0.2) is 0 Å². The number of carboxylic acids is 1. The van der Waals surface area contributed by atoms with Crippen LogP contribution in [0.4, 0.5) is 13.2 Å². The second kappa shape index (κ2) is 7.10. The van der Waals surface area contributed by atoms with Crippen LogP contribution in [0.25, 0.3) is 16.9 Å². The highest BCUT2D eigenvalue weighted by Gasteiger charge is 2.42. The molecule has 3 nitrogen and oxygen atoms in total. The third-order valence-corrected chi connectivity index (χ3v) is 5.55. The Bertz CT molecular complexity index is 1060. The van der Waals surface area contributed by atoms with Crippen LogP contribution in [-0.4, -0.2) is 21.8 Å². The first-order valence-electron chi connectivity index (χ1n) is 9.45. The minimum atomic E-state index is -4.22. The van der Waals surface area contributed by atoms with Crippen LogP contribution < -0.4 is 0 Å². The molecule has 0 aliphatic heterocycles. The molecular formula is C23H20F3NO2. The average Bonchev–Trinajstić information content (AvgIpc) is 3.06. The molecule has 6 heteroatoms. The van der Waals surface area contributed by atoms with Crippen molar-refractivity contribution in [2.24, 2.45) is 5.92 Å². The van der Waals surface area contributed by atoms with Crippen LogP contribution in [0, 0.1) is 12.8 Å². The minimum Gasteiger partial charge on any atom is -0.478 e. The topological polar surface area (TPSA) is 42.2 Å². The summed E-state index contributed by atoms with van der Waals surface area (Å²) in [5, 5.41) is 9.35. The fraction of sp³-hybridized carbons (Fsp3) is 0.261. The average molecular weight is 399 g/mol. The number of carboxylic acid groups (broad SMARTS) is 1. The van der Waals surface area contributed by atoms with E-state index in [0.717, 1.165) is 22.5 Å². The van der Waals surface area contributed by atoms with Crippen molar-refractivity contribution in [3.63, 3.8) is 0 Å². The van der Waals surface area contributed by atoms with E-state index in [1.54, 1.807) is 18.2 Å². The van der Waals surface area contributed by atoms with E-state index in [4.69, 9.17) is 0 Å². The van der Waals surface area contributed by atoms with E-state index in [9.17, 15) is 23.1 Å². The highest BCUT2D eigenvalue weighted by molar-refractivity contribution is 5.88. The van der Waals surface area contributed by atoms with E-state index in [2.05, 4.69) is 0 Å². The lowest BCUT2D eigenvalue weighted by molar-refractivity contribution is -0.177. The summed E-state index contributed by atoms with van der Waals surface area (Å²) in [7, 11) is 0. The summed E-state index contributed by atoms with van der Waals surface area (Å²) in [6.07, 6.45) is -3.94. The van der Waals surface area contributed by atoms with Crippen molar-refractivity contribution in [1.82, 2.24) is 4.57 Å². The van der Waals surface area contributed by atoms with Gasteiger partial charge >= 0.3 is 12.1 Å². The molecule has 1 heterocycles. The maximum absolute atomic E-state index is 13.3. The van der Waals surface area contributed by atoms with Gasteiger partial charge in [0.25, 0.3) is 0 Å². The molecule has 3 aromatic rings. The van der Waals surface area contributed by atoms with Crippen molar-refractivity contribution in [2.45, 2.75) is 32.4 Å². The van der Waals surface area contributed by atoms with Gasteiger partial charge in [-0.25, -0.2) is 4.79 Å². The monoisotopic (exact) mass is 399 g/mol. The van der Waals surface area contributed by atoms with Gasteiger partial charge in [-0.2, -0.15) is 13.2 Å². The molecule has 1 N–H and O–H groups in total. The summed E-state index contributed by atoms with van der Waals surface area (Å²) in [4.78, 5) is 11.4. The molecule has 0 bridgehead atoms. The fourth-order valence-corrected chi connectivity index (χ4v) is 4.02. The smallest absolute Gasteiger partial charge is 0.392 e. The summed E-state index contributed by atoms with van der Waals surface area (Å²) < 4.78 is 41.8. The number of aromatic carboxylic acids is 1. The summed E-state index contributed by atoms with van der Waals surface area (Å²) in [6.45, 7) is 1.97. The Kier molecular flexibility index (Phi) is 4.73. The summed E-state index contributed by atoms with van der Waals surface area (Å²) in [5.41, 5.74) is 5.03. The lowest BCUT2D eigenvalue weighted by Gasteiger charge is -2.26. The van der Waals surface area contributed by atoms with Crippen LogP contribution in [-0.2, 0) is 12.8 Å². The number of halogens is 3. The molecule has 0 saturated heterocycles. The maximum Gasteiger partial charge on any atom is 0.392 e. The molecule has 1 aromatic heterocycles. The second-order valence-corrected chi connectivity index (χ2v) is 7.54. The number of hydrogen-bond acceptors (Lipinski definition) is 1. The Morgan fingerprint density at radius 1 is 1.10 bits per heavy atom. The highest BCUT2D eigenvalue weighted by atomic mass is 19.4. The number of fused-ring (bicyclic) bond motifs is 1. The van der Waals surface area contributed by atoms with Crippen LogP contribution in [0.2, 0.25) is 0 Å². The van der Waals surface area contributed by atoms with Gasteiger partial charge in [-0.05, 0) is 61.6 Å². The van der Waals surface area contributed by atoms with E-state index in [0.29, 0.717) is 17.7 Å². The first-order chi connectivity index (χ1) is 13.7. The van der Waals surface area contributed by atoms with E-state index >= 15 is 0 Å². The van der Waals surface area contributed by atoms with Gasteiger partial charge in [0.1, 0.15) is 0 Å². The van der Waals surface area contributed by atoms with E-state index in [1.807, 2.05) is 41.8 Å². The Labute approximate surface area is 166 Å². The van der Waals surface area contributed by atoms with Crippen LogP contribution in [0.5, 0.6) is 0 Å². The van der Waals surface area contributed by atoms with Crippen molar-refractivity contribution in [2.75, 3.05) is 0 Å². The number of rotatable bonds is 3. The lowest BCUT2D eigenvalue weighted by Crippen LogP contribution is -2.29. The molecule has 0 spiro atoms. The Hall–Kier alpha value is -3.02. The molecule has 150 valence electrons. The van der Waals surface area contributed by atoms with Crippen molar-refractivity contribution >= 4 is 5.97 Å². The molecule has 0 saturated carbocycles. The number of aromatic nitrogens is 1. The first kappa shape index (κ1) is 19.3. The highest BCUT2D eigenvalue weighted by Crippen LogP contribution is 2.41. The van der Waals surface area contributed by atoms with Crippen molar-refractivity contribution in [3.05, 3.63) is 77.0 Å². The molecule has 1 aliphatic rings. The van der Waals surface area contributed by atoms with Gasteiger partial charge in [-0.1, -0.05) is 35.9 Å². The van der Waals surface area contributed by atoms with E-state index < -0.39 is 18.1 Å². The summed E-state index contributed by atoms with van der Waals surface area (Å²) >= 11 is 0. The molecular weight excluding hydrogens is 379 g/mol. The quantitative estimate of drug-likeness (QED) is 0.603. The predicted octanol–water partition coefficient (Wildman–Crippen LogP) is 5.82. The first-order valence-corrected chi connectivity index (χ1v) is 9.45. The molecule has 4 rings (SSSR count). The number of carbonyl (C=O) groups is 1. The number of hydrogen-bond donors (Lipinski definition) is 1. The molecule has 29 heavy (non-hydrogen) atoms. The van der Waals surface area contributed by atoms with E-state index in [-0.39, 0.29) is 18.4 Å². The minimum absolute atomic E-state index is 0.0342. The third kappa shape index (κ3) is 3.67. The normalized spacial score (nSPS) is 16.5. The van der Waals surface area contributed by atoms with Crippen molar-refractivity contribution in [1.29, 1.82) is 0 Å². The lowest BCUT2D eigenvalue weighted by atomic mass is 9.87. The summed E-state index contributed by atoms with van der Waals surface area (Å²) in [6, 6.07) is 16.1. The molecule has 0 fully saturated rings. The molecule has 0 radical (unpaired) electrons. The van der Waals surface area contributed by atoms with Gasteiger partial charge in [-0.3, -0.25) is 0 Å². The largest absolute Gasteiger partial charge is 0.478 e. The standard InChI is InChI=1S/C23H20F3NO2/c1-14-5-7-15(8-6-14)21-13-17-11-18(23(24,25)26)9-10-20(17)27(21)19-4-2-3-16(12-19)22(28)29/h2-8,12-13,18H,9-11H2,1H3,(H,28,29). The number of alkyl halides is 3. The van der Waals surface area contributed by atoms with Gasteiger partial charge in [0.2, 0.25) is 0 Å². The summed E-state index contributed by atoms with van der Waals surface area (Å²) in [5.74, 6) is -2.39. The Morgan fingerprint density at radius 2 is 1.83 bits per heavy atom. The number of aryl methyl sites for hydroxylation is 1. The molecule has 2 aromatic carbocycles. The predicted molar refractivity (Wildman–Crippen MR) is 104 cm³/mol. The van der Waals surface area contributed by atoms with Gasteiger partial charge < -0.3 is 9.67 Å². The maximum atomic E-state index is 13.3. The molecule has 1 aliphatic carbocycles. The van der Waals surface area contributed by atoms with Crippen molar-refractivity contribution < 1.29 is 23.1 Å². The van der Waals surface area contributed by atoms with E-state index in [1.165, 1.54) is 6.07 Å². The van der Waals surface area contributed by atoms with Crippen molar-refractivity contribution in [3.8, 4) is 16.9 Å². The SMILES string of the molecule is Cc1ccc(-c2cc3c(n2-c2cccc(C(=O)O)c2)CCC(C(F)(F)F)C3)cc1.